The molecule has 0 aliphatic carbocycles. The molecule has 0 aliphatic rings. The van der Waals surface area contributed by atoms with E-state index >= 15 is 0 Å². The molecule has 1 heterocycles. The Morgan fingerprint density at radius 1 is 0.442 bits per heavy atom. The van der Waals surface area contributed by atoms with Crippen molar-refractivity contribution in [2.45, 2.75) is 39.5 Å². The summed E-state index contributed by atoms with van der Waals surface area (Å²) < 4.78 is 9.31. The number of benzene rings is 5. The van der Waals surface area contributed by atoms with Gasteiger partial charge in [0.25, 0.3) is 0 Å². The Bertz CT molecular complexity index is 1720. The fourth-order valence-electron chi connectivity index (χ4n) is 5.01. The second-order valence-corrected chi connectivity index (χ2v) is 11.0. The lowest BCUT2D eigenvalue weighted by Crippen LogP contribution is -1.85. The summed E-state index contributed by atoms with van der Waals surface area (Å²) >= 11 is 1.23. The molecule has 0 saturated heterocycles. The lowest BCUT2D eigenvalue weighted by atomic mass is 9.97. The highest BCUT2D eigenvalue weighted by atomic mass is 32.1. The minimum atomic E-state index is 0.802. The van der Waals surface area contributed by atoms with E-state index in [0.29, 0.717) is 0 Å². The maximum absolute atomic E-state index is 4.65. The van der Waals surface area contributed by atoms with Crippen molar-refractivity contribution < 1.29 is 0 Å². The van der Waals surface area contributed by atoms with Gasteiger partial charge >= 0.3 is 0 Å². The van der Waals surface area contributed by atoms with Gasteiger partial charge in [-0.1, -0.05) is 87.4 Å². The predicted molar refractivity (Wildman–Crippen MR) is 178 cm³/mol. The minimum absolute atomic E-state index is 0.802. The third-order valence-corrected chi connectivity index (χ3v) is 7.81. The van der Waals surface area contributed by atoms with Crippen LogP contribution in [0.4, 0.5) is 22.7 Å². The first-order chi connectivity index (χ1) is 21.2. The highest BCUT2D eigenvalue weighted by Crippen LogP contribution is 2.36. The molecule has 0 spiro atoms. The van der Waals surface area contributed by atoms with E-state index in [4.69, 9.17) is 0 Å². The number of azo groups is 2. The summed E-state index contributed by atoms with van der Waals surface area (Å²) in [5.41, 5.74) is 11.9. The Balaban J connectivity index is 1.17. The standard InChI is InChI=1S/C36H32N6S/c1-3-5-25-7-15-29(16-8-25)37-39-31-19-11-27(12-20-31)33-23-24-34(36-35(33)41-43-42-36)28-13-21-32(22-14-28)40-38-30-17-9-26(6-4-2)10-18-30/h7-24H,3-6H2,1-2H3/b39-37+,40-38+. The van der Waals surface area contributed by atoms with E-state index in [1.54, 1.807) is 0 Å². The molecule has 7 heteroatoms. The van der Waals surface area contributed by atoms with Crippen molar-refractivity contribution in [2.24, 2.45) is 20.5 Å². The molecule has 5 aromatic carbocycles. The molecule has 0 amide bonds. The zero-order valence-corrected chi connectivity index (χ0v) is 25.1. The highest BCUT2D eigenvalue weighted by Gasteiger charge is 2.13. The van der Waals surface area contributed by atoms with Crippen LogP contribution >= 0.6 is 11.7 Å². The summed E-state index contributed by atoms with van der Waals surface area (Å²) in [7, 11) is 0. The summed E-state index contributed by atoms with van der Waals surface area (Å²) in [5.74, 6) is 0. The third kappa shape index (κ3) is 6.79. The Kier molecular flexibility index (Phi) is 8.80. The average Bonchev–Trinajstić information content (AvgIpc) is 3.55. The average molecular weight is 581 g/mol. The van der Waals surface area contributed by atoms with E-state index in [-0.39, 0.29) is 0 Å². The second kappa shape index (κ2) is 13.4. The monoisotopic (exact) mass is 580 g/mol. The second-order valence-electron chi connectivity index (χ2n) is 10.4. The zero-order valence-electron chi connectivity index (χ0n) is 24.3. The molecule has 0 radical (unpaired) electrons. The van der Waals surface area contributed by atoms with Crippen molar-refractivity contribution >= 4 is 45.5 Å². The summed E-state index contributed by atoms with van der Waals surface area (Å²) in [6.07, 6.45) is 4.43. The first-order valence-corrected chi connectivity index (χ1v) is 15.4. The quantitative estimate of drug-likeness (QED) is 0.151. The maximum Gasteiger partial charge on any atom is 0.113 e. The Labute approximate surface area is 256 Å². The molecule has 6 rings (SSSR count). The van der Waals surface area contributed by atoms with Crippen LogP contribution in [-0.2, 0) is 12.8 Å². The van der Waals surface area contributed by atoms with Crippen molar-refractivity contribution in [3.63, 3.8) is 0 Å². The largest absolute Gasteiger partial charge is 0.172 e. The van der Waals surface area contributed by atoms with Gasteiger partial charge in [-0.2, -0.15) is 29.2 Å². The zero-order chi connectivity index (χ0) is 29.4. The third-order valence-electron chi connectivity index (χ3n) is 7.28. The van der Waals surface area contributed by atoms with Crippen LogP contribution in [0.3, 0.4) is 0 Å². The van der Waals surface area contributed by atoms with Gasteiger partial charge in [0.2, 0.25) is 0 Å². The van der Waals surface area contributed by atoms with Gasteiger partial charge in [-0.3, -0.25) is 0 Å². The van der Waals surface area contributed by atoms with Crippen LogP contribution in [0.15, 0.2) is 130 Å². The Morgan fingerprint density at radius 3 is 1.09 bits per heavy atom. The summed E-state index contributed by atoms with van der Waals surface area (Å²) in [4.78, 5) is 0. The SMILES string of the molecule is CCCc1ccc(/N=N/c2ccc(-c3ccc(-c4ccc(/N=N/c5ccc(CCC)cc5)cc4)c4nsnc34)cc2)cc1. The molecule has 0 aliphatic heterocycles. The smallest absolute Gasteiger partial charge is 0.113 e. The molecule has 0 unspecified atom stereocenters. The van der Waals surface area contributed by atoms with E-state index < -0.39 is 0 Å². The van der Waals surface area contributed by atoms with E-state index in [2.05, 4.69) is 104 Å². The van der Waals surface area contributed by atoms with Crippen molar-refractivity contribution in [3.05, 3.63) is 120 Å². The minimum Gasteiger partial charge on any atom is -0.172 e. The molecular formula is C36H32N6S. The lowest BCUT2D eigenvalue weighted by molar-refractivity contribution is 0.921. The van der Waals surface area contributed by atoms with Crippen molar-refractivity contribution in [1.29, 1.82) is 0 Å². The van der Waals surface area contributed by atoms with Crippen LogP contribution < -0.4 is 0 Å². The molecule has 0 saturated carbocycles. The van der Waals surface area contributed by atoms with Gasteiger partial charge in [-0.05, 0) is 83.6 Å². The molecule has 0 fully saturated rings. The number of aromatic nitrogens is 2. The van der Waals surface area contributed by atoms with Crippen LogP contribution in [0.1, 0.15) is 37.8 Å². The number of hydrogen-bond donors (Lipinski definition) is 0. The number of nitrogens with zero attached hydrogens (tertiary/aromatic N) is 6. The fraction of sp³-hybridized carbons (Fsp3) is 0.167. The summed E-state index contributed by atoms with van der Waals surface area (Å²) in [6, 6.07) is 36.9. The first kappa shape index (κ1) is 28.2. The van der Waals surface area contributed by atoms with Gasteiger partial charge < -0.3 is 0 Å². The molecule has 6 nitrogen and oxygen atoms in total. The molecular weight excluding hydrogens is 549 g/mol. The summed E-state index contributed by atoms with van der Waals surface area (Å²) in [5, 5.41) is 17.7. The van der Waals surface area contributed by atoms with Crippen LogP contribution in [-0.4, -0.2) is 8.75 Å². The van der Waals surface area contributed by atoms with Crippen LogP contribution in [0.5, 0.6) is 0 Å². The highest BCUT2D eigenvalue weighted by molar-refractivity contribution is 7.00. The van der Waals surface area contributed by atoms with Gasteiger partial charge in [0.15, 0.2) is 0 Å². The van der Waals surface area contributed by atoms with Crippen LogP contribution in [0.2, 0.25) is 0 Å². The topological polar surface area (TPSA) is 75.2 Å². The number of aryl methyl sites for hydroxylation is 2. The van der Waals surface area contributed by atoms with Gasteiger partial charge in [-0.15, -0.1) is 0 Å². The maximum atomic E-state index is 4.65. The van der Waals surface area contributed by atoms with E-state index in [9.17, 15) is 0 Å². The normalized spacial score (nSPS) is 11.7. The molecule has 0 atom stereocenters. The molecule has 212 valence electrons. The van der Waals surface area contributed by atoms with E-state index in [1.807, 2.05) is 48.5 Å². The van der Waals surface area contributed by atoms with Crippen LogP contribution in [0, 0.1) is 0 Å². The van der Waals surface area contributed by atoms with Crippen LogP contribution in [0.25, 0.3) is 33.3 Å². The fourth-order valence-corrected chi connectivity index (χ4v) is 5.59. The first-order valence-electron chi connectivity index (χ1n) is 14.7. The van der Waals surface area contributed by atoms with E-state index in [0.717, 1.165) is 81.7 Å². The van der Waals surface area contributed by atoms with Crippen molar-refractivity contribution in [3.8, 4) is 22.3 Å². The van der Waals surface area contributed by atoms with Gasteiger partial charge in [0, 0.05) is 11.1 Å². The van der Waals surface area contributed by atoms with Gasteiger partial charge in [0.1, 0.15) is 11.0 Å². The van der Waals surface area contributed by atoms with E-state index in [1.165, 1.54) is 22.9 Å². The number of hydrogen-bond acceptors (Lipinski definition) is 7. The molecule has 0 N–H and O–H groups in total. The van der Waals surface area contributed by atoms with Crippen molar-refractivity contribution in [1.82, 2.24) is 8.75 Å². The van der Waals surface area contributed by atoms with Gasteiger partial charge in [-0.25, -0.2) is 0 Å². The van der Waals surface area contributed by atoms with Crippen molar-refractivity contribution in [2.75, 3.05) is 0 Å². The lowest BCUT2D eigenvalue weighted by Gasteiger charge is -2.07. The predicted octanol–water partition coefficient (Wildman–Crippen LogP) is 11.8. The molecule has 1 aromatic heterocycles. The number of rotatable bonds is 10. The molecule has 0 bridgehead atoms. The Hall–Kier alpha value is -4.88. The summed E-state index contributed by atoms with van der Waals surface area (Å²) in [6.45, 7) is 4.37. The molecule has 6 aromatic rings. The Morgan fingerprint density at radius 2 is 0.767 bits per heavy atom. The van der Waals surface area contributed by atoms with Gasteiger partial charge in [0.05, 0.1) is 34.5 Å². The number of fused-ring (bicyclic) bond motifs is 1. The molecule has 43 heavy (non-hydrogen) atoms.